The lowest BCUT2D eigenvalue weighted by Crippen LogP contribution is -2.22. The van der Waals surface area contributed by atoms with Crippen LogP contribution in [0.4, 0.5) is 5.82 Å². The van der Waals surface area contributed by atoms with Crippen LogP contribution in [0, 0.1) is 0 Å². The summed E-state index contributed by atoms with van der Waals surface area (Å²) in [5.74, 6) is 1.27. The fourth-order valence-electron chi connectivity index (χ4n) is 2.14. The van der Waals surface area contributed by atoms with Gasteiger partial charge in [-0.25, -0.2) is 4.98 Å². The minimum atomic E-state index is -0.0484. The molecule has 0 bridgehead atoms. The number of hydrogen-bond donors (Lipinski definition) is 1. The van der Waals surface area contributed by atoms with E-state index in [0.717, 1.165) is 17.1 Å². The van der Waals surface area contributed by atoms with Crippen molar-refractivity contribution in [2.75, 3.05) is 5.73 Å². The Morgan fingerprint density at radius 3 is 2.11 bits per heavy atom. The predicted octanol–water partition coefficient (Wildman–Crippen LogP) is 4.01. The lowest BCUT2D eigenvalue weighted by Gasteiger charge is -2.22. The van der Waals surface area contributed by atoms with Gasteiger partial charge in [0.2, 0.25) is 0 Å². The van der Waals surface area contributed by atoms with E-state index in [1.165, 1.54) is 5.56 Å². The Morgan fingerprint density at radius 1 is 1.11 bits per heavy atom. The number of anilines is 1. The molecule has 3 heteroatoms. The van der Waals surface area contributed by atoms with Crippen LogP contribution < -0.4 is 5.73 Å². The lowest BCUT2D eigenvalue weighted by atomic mass is 10.0. The molecular formula is C16H23N3. The average Bonchev–Trinajstić information content (AvgIpc) is 2.71. The maximum absolute atomic E-state index is 6.22. The van der Waals surface area contributed by atoms with E-state index in [1.807, 2.05) is 10.9 Å². The van der Waals surface area contributed by atoms with Crippen LogP contribution in [0.1, 0.15) is 46.1 Å². The number of nitrogen functional groups attached to an aromatic ring is 1. The van der Waals surface area contributed by atoms with Crippen molar-refractivity contribution < 1.29 is 0 Å². The summed E-state index contributed by atoms with van der Waals surface area (Å²) >= 11 is 0. The minimum absolute atomic E-state index is 0.0484. The Bertz CT molecular complexity index is 557. The maximum atomic E-state index is 6.22. The highest BCUT2D eigenvalue weighted by molar-refractivity contribution is 5.70. The third-order valence-corrected chi connectivity index (χ3v) is 3.38. The second-order valence-corrected chi connectivity index (χ2v) is 6.30. The van der Waals surface area contributed by atoms with Crippen LogP contribution in [0.5, 0.6) is 0 Å². The molecule has 0 aliphatic rings. The molecular weight excluding hydrogens is 234 g/mol. The van der Waals surface area contributed by atoms with Gasteiger partial charge in [0.1, 0.15) is 11.5 Å². The molecule has 0 aliphatic heterocycles. The van der Waals surface area contributed by atoms with Gasteiger partial charge in [-0.05, 0) is 32.3 Å². The predicted molar refractivity (Wildman–Crippen MR) is 81.2 cm³/mol. The molecule has 0 unspecified atom stereocenters. The number of imidazole rings is 1. The van der Waals surface area contributed by atoms with Crippen LogP contribution in [-0.2, 0) is 5.54 Å². The van der Waals surface area contributed by atoms with Crippen molar-refractivity contribution in [3.63, 3.8) is 0 Å². The van der Waals surface area contributed by atoms with Crippen molar-refractivity contribution in [1.29, 1.82) is 0 Å². The van der Waals surface area contributed by atoms with E-state index >= 15 is 0 Å². The SMILES string of the molecule is CC(C)c1ccc(-c2ncn(C(C)(C)C)c2N)cc1. The Labute approximate surface area is 115 Å². The first kappa shape index (κ1) is 13.7. The van der Waals surface area contributed by atoms with E-state index in [9.17, 15) is 0 Å². The van der Waals surface area contributed by atoms with Crippen LogP contribution in [0.3, 0.4) is 0 Å². The molecule has 0 saturated heterocycles. The summed E-state index contributed by atoms with van der Waals surface area (Å²) in [7, 11) is 0. The molecule has 1 aromatic carbocycles. The summed E-state index contributed by atoms with van der Waals surface area (Å²) in [6.45, 7) is 10.7. The Morgan fingerprint density at radius 2 is 1.68 bits per heavy atom. The number of benzene rings is 1. The molecule has 1 aromatic heterocycles. The first-order chi connectivity index (χ1) is 8.80. The lowest BCUT2D eigenvalue weighted by molar-refractivity contribution is 0.402. The van der Waals surface area contributed by atoms with Crippen molar-refractivity contribution in [3.05, 3.63) is 36.2 Å². The number of nitrogens with zero attached hydrogens (tertiary/aromatic N) is 2. The summed E-state index contributed by atoms with van der Waals surface area (Å²) < 4.78 is 2.01. The molecule has 3 nitrogen and oxygen atoms in total. The van der Waals surface area contributed by atoms with Crippen molar-refractivity contribution in [3.8, 4) is 11.3 Å². The van der Waals surface area contributed by atoms with Gasteiger partial charge in [-0.3, -0.25) is 0 Å². The highest BCUT2D eigenvalue weighted by Crippen LogP contribution is 2.29. The van der Waals surface area contributed by atoms with Gasteiger partial charge in [-0.1, -0.05) is 38.1 Å². The van der Waals surface area contributed by atoms with E-state index in [2.05, 4.69) is 63.9 Å². The molecule has 1 heterocycles. The smallest absolute Gasteiger partial charge is 0.132 e. The van der Waals surface area contributed by atoms with Gasteiger partial charge in [-0.2, -0.15) is 0 Å². The second-order valence-electron chi connectivity index (χ2n) is 6.30. The van der Waals surface area contributed by atoms with E-state index in [4.69, 9.17) is 5.73 Å². The molecule has 0 spiro atoms. The third-order valence-electron chi connectivity index (χ3n) is 3.38. The second kappa shape index (κ2) is 4.72. The Hall–Kier alpha value is -1.77. The molecule has 2 N–H and O–H groups in total. The zero-order chi connectivity index (χ0) is 14.2. The number of nitrogens with two attached hydrogens (primary N) is 1. The van der Waals surface area contributed by atoms with Crippen molar-refractivity contribution in [2.24, 2.45) is 0 Å². The van der Waals surface area contributed by atoms with Crippen LogP contribution >= 0.6 is 0 Å². The van der Waals surface area contributed by atoms with E-state index in [1.54, 1.807) is 0 Å². The van der Waals surface area contributed by atoms with Crippen LogP contribution in [0.15, 0.2) is 30.6 Å². The van der Waals surface area contributed by atoms with E-state index < -0.39 is 0 Å². The minimum Gasteiger partial charge on any atom is -0.383 e. The monoisotopic (exact) mass is 257 g/mol. The van der Waals surface area contributed by atoms with Crippen LogP contribution in [0.2, 0.25) is 0 Å². The molecule has 0 amide bonds. The van der Waals surface area contributed by atoms with Gasteiger partial charge >= 0.3 is 0 Å². The summed E-state index contributed by atoms with van der Waals surface area (Å²) in [5, 5.41) is 0. The average molecular weight is 257 g/mol. The molecule has 0 aliphatic carbocycles. The quantitative estimate of drug-likeness (QED) is 0.883. The molecule has 0 radical (unpaired) electrons. The molecule has 0 saturated carbocycles. The summed E-state index contributed by atoms with van der Waals surface area (Å²) in [6.07, 6.45) is 1.82. The van der Waals surface area contributed by atoms with Crippen molar-refractivity contribution in [2.45, 2.75) is 46.1 Å². The van der Waals surface area contributed by atoms with Crippen LogP contribution in [0.25, 0.3) is 11.3 Å². The standard InChI is InChI=1S/C16H23N3/c1-11(2)12-6-8-13(9-7-12)14-15(17)19(10-18-14)16(3,4)5/h6-11H,17H2,1-5H3. The molecule has 0 fully saturated rings. The molecule has 102 valence electrons. The molecule has 19 heavy (non-hydrogen) atoms. The van der Waals surface area contributed by atoms with Gasteiger partial charge < -0.3 is 10.3 Å². The maximum Gasteiger partial charge on any atom is 0.132 e. The van der Waals surface area contributed by atoms with Crippen molar-refractivity contribution >= 4 is 5.82 Å². The van der Waals surface area contributed by atoms with Gasteiger partial charge in [0.05, 0.1) is 6.33 Å². The third kappa shape index (κ3) is 2.65. The van der Waals surface area contributed by atoms with E-state index in [-0.39, 0.29) is 5.54 Å². The molecule has 2 aromatic rings. The summed E-state index contributed by atoms with van der Waals surface area (Å²) in [4.78, 5) is 4.46. The summed E-state index contributed by atoms with van der Waals surface area (Å²) in [5.41, 5.74) is 9.44. The van der Waals surface area contributed by atoms with Gasteiger partial charge in [-0.15, -0.1) is 0 Å². The highest BCUT2D eigenvalue weighted by Gasteiger charge is 2.19. The highest BCUT2D eigenvalue weighted by atomic mass is 15.2. The normalized spacial score (nSPS) is 12.1. The topological polar surface area (TPSA) is 43.8 Å². The van der Waals surface area contributed by atoms with Gasteiger partial charge in [0, 0.05) is 11.1 Å². The Kier molecular flexibility index (Phi) is 3.40. The van der Waals surface area contributed by atoms with Gasteiger partial charge in [0.25, 0.3) is 0 Å². The van der Waals surface area contributed by atoms with Gasteiger partial charge in [0.15, 0.2) is 0 Å². The van der Waals surface area contributed by atoms with Crippen molar-refractivity contribution in [1.82, 2.24) is 9.55 Å². The largest absolute Gasteiger partial charge is 0.383 e. The zero-order valence-electron chi connectivity index (χ0n) is 12.4. The molecule has 0 atom stereocenters. The molecule has 2 rings (SSSR count). The summed E-state index contributed by atoms with van der Waals surface area (Å²) in [6, 6.07) is 8.49. The zero-order valence-corrected chi connectivity index (χ0v) is 12.4. The number of aromatic nitrogens is 2. The first-order valence-corrected chi connectivity index (χ1v) is 6.74. The first-order valence-electron chi connectivity index (χ1n) is 6.74. The van der Waals surface area contributed by atoms with Crippen LogP contribution in [-0.4, -0.2) is 9.55 Å². The number of rotatable bonds is 2. The fourth-order valence-corrected chi connectivity index (χ4v) is 2.14. The fraction of sp³-hybridized carbons (Fsp3) is 0.438. The van der Waals surface area contributed by atoms with E-state index in [0.29, 0.717) is 5.92 Å². The Balaban J connectivity index is 2.40. The number of hydrogen-bond acceptors (Lipinski definition) is 2.